The Hall–Kier alpha value is -1.36. The first-order valence-corrected chi connectivity index (χ1v) is 6.03. The van der Waals surface area contributed by atoms with Crippen LogP contribution in [0.3, 0.4) is 0 Å². The van der Waals surface area contributed by atoms with Gasteiger partial charge < -0.3 is 15.0 Å². The molecule has 2 atom stereocenters. The first-order valence-electron chi connectivity index (χ1n) is 6.03. The standard InChI is InChI=1S/C12H20N4O/c1-9-8-10(5-7-17-9)14-11-4-6-13-12(15-11)16(2)3/h4,6,9-10H,5,7-8H2,1-3H3,(H,13,14,15). The SMILES string of the molecule is CC1CC(Nc2ccnc(N(C)C)n2)CCO1. The summed E-state index contributed by atoms with van der Waals surface area (Å²) in [5, 5.41) is 3.45. The van der Waals surface area contributed by atoms with Gasteiger partial charge in [-0.2, -0.15) is 4.98 Å². The van der Waals surface area contributed by atoms with Crippen LogP contribution in [0.2, 0.25) is 0 Å². The van der Waals surface area contributed by atoms with Gasteiger partial charge in [0, 0.05) is 32.9 Å². The van der Waals surface area contributed by atoms with E-state index in [-0.39, 0.29) is 0 Å². The number of nitrogens with one attached hydrogen (secondary N) is 1. The molecule has 1 saturated heterocycles. The Bertz CT molecular complexity index is 369. The van der Waals surface area contributed by atoms with E-state index in [2.05, 4.69) is 22.2 Å². The van der Waals surface area contributed by atoms with Crippen LogP contribution in [-0.2, 0) is 4.74 Å². The second-order valence-electron chi connectivity index (χ2n) is 4.68. The van der Waals surface area contributed by atoms with Gasteiger partial charge in [0.15, 0.2) is 0 Å². The molecule has 5 heteroatoms. The van der Waals surface area contributed by atoms with Crippen LogP contribution in [0.4, 0.5) is 11.8 Å². The van der Waals surface area contributed by atoms with Crippen molar-refractivity contribution in [2.45, 2.75) is 31.9 Å². The maximum Gasteiger partial charge on any atom is 0.226 e. The Labute approximate surface area is 102 Å². The summed E-state index contributed by atoms with van der Waals surface area (Å²) in [5.41, 5.74) is 0. The number of nitrogens with zero attached hydrogens (tertiary/aromatic N) is 3. The zero-order valence-corrected chi connectivity index (χ0v) is 10.7. The monoisotopic (exact) mass is 236 g/mol. The Morgan fingerprint density at radius 2 is 2.29 bits per heavy atom. The van der Waals surface area contributed by atoms with Crippen LogP contribution in [0.25, 0.3) is 0 Å². The van der Waals surface area contributed by atoms with Crippen LogP contribution in [-0.4, -0.2) is 42.8 Å². The molecular formula is C12H20N4O. The first-order chi connectivity index (χ1) is 8.15. The average molecular weight is 236 g/mol. The lowest BCUT2D eigenvalue weighted by Gasteiger charge is -2.28. The minimum absolute atomic E-state index is 0.330. The maximum absolute atomic E-state index is 5.53. The minimum atomic E-state index is 0.330. The summed E-state index contributed by atoms with van der Waals surface area (Å²) in [6.07, 6.45) is 4.18. The second kappa shape index (κ2) is 5.31. The summed E-state index contributed by atoms with van der Waals surface area (Å²) in [4.78, 5) is 10.6. The van der Waals surface area contributed by atoms with E-state index in [4.69, 9.17) is 4.74 Å². The molecule has 94 valence electrons. The van der Waals surface area contributed by atoms with Crippen LogP contribution in [0.5, 0.6) is 0 Å². The molecule has 1 aliphatic heterocycles. The highest BCUT2D eigenvalue weighted by Gasteiger charge is 2.19. The normalized spacial score (nSPS) is 24.4. The summed E-state index contributed by atoms with van der Waals surface area (Å²) >= 11 is 0. The van der Waals surface area contributed by atoms with Crippen LogP contribution >= 0.6 is 0 Å². The van der Waals surface area contributed by atoms with E-state index >= 15 is 0 Å². The summed E-state index contributed by atoms with van der Waals surface area (Å²) in [5.74, 6) is 1.62. The number of rotatable bonds is 3. The Kier molecular flexibility index (Phi) is 3.78. The number of anilines is 2. The van der Waals surface area contributed by atoms with Crippen molar-refractivity contribution in [2.75, 3.05) is 30.9 Å². The smallest absolute Gasteiger partial charge is 0.226 e. The highest BCUT2D eigenvalue weighted by atomic mass is 16.5. The molecule has 0 radical (unpaired) electrons. The van der Waals surface area contributed by atoms with E-state index in [1.54, 1.807) is 6.20 Å². The lowest BCUT2D eigenvalue weighted by molar-refractivity contribution is 0.0232. The maximum atomic E-state index is 5.53. The zero-order valence-electron chi connectivity index (χ0n) is 10.7. The molecule has 1 aromatic heterocycles. The van der Waals surface area contributed by atoms with Gasteiger partial charge in [-0.1, -0.05) is 0 Å². The third kappa shape index (κ3) is 3.30. The van der Waals surface area contributed by atoms with E-state index in [9.17, 15) is 0 Å². The third-order valence-electron chi connectivity index (χ3n) is 2.88. The van der Waals surface area contributed by atoms with Gasteiger partial charge in [0.05, 0.1) is 6.10 Å². The van der Waals surface area contributed by atoms with Gasteiger partial charge in [-0.3, -0.25) is 0 Å². The molecule has 0 spiro atoms. The Balaban J connectivity index is 2.00. The molecule has 1 aromatic rings. The number of ether oxygens (including phenoxy) is 1. The molecule has 0 bridgehead atoms. The molecular weight excluding hydrogens is 216 g/mol. The van der Waals surface area contributed by atoms with Crippen molar-refractivity contribution in [2.24, 2.45) is 0 Å². The Morgan fingerprint density at radius 1 is 1.47 bits per heavy atom. The predicted molar refractivity (Wildman–Crippen MR) is 68.4 cm³/mol. The first kappa shape index (κ1) is 12.1. The molecule has 17 heavy (non-hydrogen) atoms. The fraction of sp³-hybridized carbons (Fsp3) is 0.667. The van der Waals surface area contributed by atoms with Crippen LogP contribution in [0.1, 0.15) is 19.8 Å². The van der Waals surface area contributed by atoms with Crippen molar-refractivity contribution in [3.05, 3.63) is 12.3 Å². The number of hydrogen-bond acceptors (Lipinski definition) is 5. The molecule has 2 rings (SSSR count). The molecule has 1 aliphatic rings. The topological polar surface area (TPSA) is 50.3 Å². The molecule has 2 heterocycles. The summed E-state index contributed by atoms with van der Waals surface area (Å²) < 4.78 is 5.53. The molecule has 5 nitrogen and oxygen atoms in total. The average Bonchev–Trinajstić information content (AvgIpc) is 2.29. The molecule has 1 fully saturated rings. The summed E-state index contributed by atoms with van der Waals surface area (Å²) in [6.45, 7) is 2.93. The Morgan fingerprint density at radius 3 is 3.00 bits per heavy atom. The van der Waals surface area contributed by atoms with Gasteiger partial charge >= 0.3 is 0 Å². The zero-order chi connectivity index (χ0) is 12.3. The van der Waals surface area contributed by atoms with Crippen molar-refractivity contribution in [1.82, 2.24) is 9.97 Å². The molecule has 1 N–H and O–H groups in total. The number of hydrogen-bond donors (Lipinski definition) is 1. The van der Waals surface area contributed by atoms with Gasteiger partial charge in [0.1, 0.15) is 5.82 Å². The van der Waals surface area contributed by atoms with E-state index in [1.807, 2.05) is 25.1 Å². The van der Waals surface area contributed by atoms with Gasteiger partial charge in [0.25, 0.3) is 0 Å². The van der Waals surface area contributed by atoms with Crippen molar-refractivity contribution in [3.63, 3.8) is 0 Å². The minimum Gasteiger partial charge on any atom is -0.378 e. The lowest BCUT2D eigenvalue weighted by Crippen LogP contribution is -2.32. The van der Waals surface area contributed by atoms with Gasteiger partial charge in [-0.15, -0.1) is 0 Å². The van der Waals surface area contributed by atoms with Gasteiger partial charge in [-0.05, 0) is 25.8 Å². The molecule has 0 aliphatic carbocycles. The number of aromatic nitrogens is 2. The molecule has 0 amide bonds. The molecule has 0 aromatic carbocycles. The summed E-state index contributed by atoms with van der Waals surface area (Å²) in [7, 11) is 3.88. The lowest BCUT2D eigenvalue weighted by atomic mass is 10.0. The molecule has 2 unspecified atom stereocenters. The van der Waals surface area contributed by atoms with Crippen LogP contribution in [0, 0.1) is 0 Å². The highest BCUT2D eigenvalue weighted by Crippen LogP contribution is 2.18. The predicted octanol–water partition coefficient (Wildman–Crippen LogP) is 1.52. The fourth-order valence-corrected chi connectivity index (χ4v) is 1.98. The third-order valence-corrected chi connectivity index (χ3v) is 2.88. The van der Waals surface area contributed by atoms with Crippen molar-refractivity contribution >= 4 is 11.8 Å². The fourth-order valence-electron chi connectivity index (χ4n) is 1.98. The van der Waals surface area contributed by atoms with Crippen LogP contribution < -0.4 is 10.2 Å². The highest BCUT2D eigenvalue weighted by molar-refractivity contribution is 5.41. The molecule has 0 saturated carbocycles. The van der Waals surface area contributed by atoms with E-state index in [0.29, 0.717) is 12.1 Å². The van der Waals surface area contributed by atoms with Crippen molar-refractivity contribution in [3.8, 4) is 0 Å². The van der Waals surface area contributed by atoms with Gasteiger partial charge in [-0.25, -0.2) is 4.98 Å². The van der Waals surface area contributed by atoms with Crippen molar-refractivity contribution in [1.29, 1.82) is 0 Å². The quantitative estimate of drug-likeness (QED) is 0.862. The van der Waals surface area contributed by atoms with E-state index in [1.165, 1.54) is 0 Å². The van der Waals surface area contributed by atoms with E-state index < -0.39 is 0 Å². The van der Waals surface area contributed by atoms with Gasteiger partial charge in [0.2, 0.25) is 5.95 Å². The summed E-state index contributed by atoms with van der Waals surface area (Å²) in [6, 6.07) is 2.36. The van der Waals surface area contributed by atoms with Crippen LogP contribution in [0.15, 0.2) is 12.3 Å². The largest absolute Gasteiger partial charge is 0.378 e. The van der Waals surface area contributed by atoms with E-state index in [0.717, 1.165) is 31.2 Å². The second-order valence-corrected chi connectivity index (χ2v) is 4.68. The van der Waals surface area contributed by atoms with Crippen molar-refractivity contribution < 1.29 is 4.74 Å².